The van der Waals surface area contributed by atoms with Crippen molar-refractivity contribution in [2.45, 2.75) is 0 Å². The molecule has 0 aliphatic rings. The molecule has 0 unspecified atom stereocenters. The second-order valence-corrected chi connectivity index (χ2v) is 4.80. The minimum atomic E-state index is -0.473. The Morgan fingerprint density at radius 3 is 2.57 bits per heavy atom. The summed E-state index contributed by atoms with van der Waals surface area (Å²) in [5, 5.41) is 0. The van der Waals surface area contributed by atoms with Crippen LogP contribution in [0.1, 0.15) is 0 Å². The molecule has 0 atom stereocenters. The molecule has 1 heterocycles. The molecule has 3 aromatic rings. The number of ether oxygens (including phenoxy) is 2. The maximum absolute atomic E-state index is 11.9. The summed E-state index contributed by atoms with van der Waals surface area (Å²) in [5.41, 5.74) is 1.42. The van der Waals surface area contributed by atoms with E-state index in [1.807, 2.05) is 36.4 Å². The normalized spacial score (nSPS) is 10.3. The first kappa shape index (κ1) is 14.8. The van der Waals surface area contributed by atoms with Gasteiger partial charge in [-0.2, -0.15) is 0 Å². The predicted molar refractivity (Wildman–Crippen MR) is 86.7 cm³/mol. The van der Waals surface area contributed by atoms with Gasteiger partial charge >= 0.3 is 5.63 Å². The first-order chi connectivity index (χ1) is 11.2. The molecule has 0 N–H and O–H groups in total. The summed E-state index contributed by atoms with van der Waals surface area (Å²) in [6.07, 6.45) is 0. The number of aromatic nitrogens is 1. The second kappa shape index (κ2) is 6.36. The zero-order valence-electron chi connectivity index (χ0n) is 12.8. The largest absolute Gasteiger partial charge is 0.497 e. The van der Waals surface area contributed by atoms with Gasteiger partial charge in [-0.1, -0.05) is 18.2 Å². The first-order valence-corrected chi connectivity index (χ1v) is 7.01. The van der Waals surface area contributed by atoms with Crippen molar-refractivity contribution in [2.24, 2.45) is 0 Å². The van der Waals surface area contributed by atoms with E-state index in [-0.39, 0.29) is 5.89 Å². The fraction of sp³-hybridized carbons (Fsp3) is 0.111. The molecule has 0 bridgehead atoms. The van der Waals surface area contributed by atoms with Gasteiger partial charge in [-0.25, -0.2) is 9.78 Å². The van der Waals surface area contributed by atoms with E-state index in [0.717, 1.165) is 5.56 Å². The minimum absolute atomic E-state index is 0.234. The van der Waals surface area contributed by atoms with Crippen LogP contribution in [0.3, 0.4) is 0 Å². The Morgan fingerprint density at radius 1 is 0.957 bits per heavy atom. The lowest BCUT2D eigenvalue weighted by Crippen LogP contribution is -2.02. The Bertz CT molecular complexity index is 886. The average Bonchev–Trinajstić information content (AvgIpc) is 2.61. The fourth-order valence-electron chi connectivity index (χ4n) is 2.27. The van der Waals surface area contributed by atoms with Crippen LogP contribution in [-0.2, 0) is 0 Å². The lowest BCUT2D eigenvalue weighted by atomic mass is 10.1. The van der Waals surface area contributed by atoms with Gasteiger partial charge < -0.3 is 13.9 Å². The fourth-order valence-corrected chi connectivity index (χ4v) is 2.27. The second-order valence-electron chi connectivity index (χ2n) is 4.80. The maximum atomic E-state index is 11.9. The summed E-state index contributed by atoms with van der Waals surface area (Å²) in [6.45, 7) is 0. The standard InChI is InChI=1S/C18H15NO4/c1-21-13-7-5-6-12(10-13)18-19-15(11-17(20)23-18)14-8-3-4-9-16(14)22-2/h3-11H,1-2H3. The highest BCUT2D eigenvalue weighted by atomic mass is 16.5. The molecule has 1 aromatic heterocycles. The van der Waals surface area contributed by atoms with E-state index in [0.29, 0.717) is 22.8 Å². The van der Waals surface area contributed by atoms with Crippen LogP contribution in [-0.4, -0.2) is 19.2 Å². The predicted octanol–water partition coefficient (Wildman–Crippen LogP) is 3.39. The number of benzene rings is 2. The summed E-state index contributed by atoms with van der Waals surface area (Å²) < 4.78 is 15.8. The third-order valence-electron chi connectivity index (χ3n) is 3.37. The van der Waals surface area contributed by atoms with Crippen LogP contribution < -0.4 is 15.1 Å². The van der Waals surface area contributed by atoms with Crippen molar-refractivity contribution in [1.82, 2.24) is 4.98 Å². The number of nitrogens with zero attached hydrogens (tertiary/aromatic N) is 1. The molecule has 116 valence electrons. The van der Waals surface area contributed by atoms with Crippen molar-refractivity contribution in [1.29, 1.82) is 0 Å². The van der Waals surface area contributed by atoms with Crippen LogP contribution in [0.2, 0.25) is 0 Å². The van der Waals surface area contributed by atoms with Gasteiger partial charge in [0.25, 0.3) is 0 Å². The number of methoxy groups -OCH3 is 2. The van der Waals surface area contributed by atoms with Crippen LogP contribution in [0.5, 0.6) is 11.5 Å². The van der Waals surface area contributed by atoms with Gasteiger partial charge in [-0.3, -0.25) is 0 Å². The number of para-hydroxylation sites is 1. The monoisotopic (exact) mass is 309 g/mol. The van der Waals surface area contributed by atoms with Gasteiger partial charge in [-0.05, 0) is 30.3 Å². The third kappa shape index (κ3) is 3.08. The lowest BCUT2D eigenvalue weighted by Gasteiger charge is -2.08. The Labute approximate surface area is 133 Å². The first-order valence-electron chi connectivity index (χ1n) is 7.01. The van der Waals surface area contributed by atoms with Gasteiger partial charge in [0.1, 0.15) is 11.5 Å². The highest BCUT2D eigenvalue weighted by molar-refractivity contribution is 5.68. The van der Waals surface area contributed by atoms with E-state index in [1.54, 1.807) is 26.4 Å². The smallest absolute Gasteiger partial charge is 0.339 e. The molecular formula is C18H15NO4. The number of hydrogen-bond donors (Lipinski definition) is 0. The molecule has 23 heavy (non-hydrogen) atoms. The summed E-state index contributed by atoms with van der Waals surface area (Å²) in [5.74, 6) is 1.54. The van der Waals surface area contributed by atoms with E-state index < -0.39 is 5.63 Å². The van der Waals surface area contributed by atoms with E-state index >= 15 is 0 Å². The molecule has 0 aliphatic heterocycles. The molecule has 3 rings (SSSR count). The van der Waals surface area contributed by atoms with Crippen LogP contribution in [0.4, 0.5) is 0 Å². The minimum Gasteiger partial charge on any atom is -0.497 e. The van der Waals surface area contributed by atoms with Crippen molar-refractivity contribution in [2.75, 3.05) is 14.2 Å². The Morgan fingerprint density at radius 2 is 1.78 bits per heavy atom. The lowest BCUT2D eigenvalue weighted by molar-refractivity contribution is 0.414. The van der Waals surface area contributed by atoms with Crippen molar-refractivity contribution in [3.63, 3.8) is 0 Å². The summed E-state index contributed by atoms with van der Waals surface area (Å²) in [7, 11) is 3.15. The van der Waals surface area contributed by atoms with Gasteiger partial charge in [-0.15, -0.1) is 0 Å². The van der Waals surface area contributed by atoms with Crippen molar-refractivity contribution >= 4 is 0 Å². The Kier molecular flexibility index (Phi) is 4.10. The van der Waals surface area contributed by atoms with Gasteiger partial charge in [0.2, 0.25) is 5.89 Å². The zero-order valence-corrected chi connectivity index (χ0v) is 12.8. The average molecular weight is 309 g/mol. The topological polar surface area (TPSA) is 61.6 Å². The van der Waals surface area contributed by atoms with Gasteiger partial charge in [0.05, 0.1) is 26.0 Å². The number of rotatable bonds is 4. The van der Waals surface area contributed by atoms with E-state index in [9.17, 15) is 4.79 Å². The summed E-state index contributed by atoms with van der Waals surface area (Å²) >= 11 is 0. The number of hydrogen-bond acceptors (Lipinski definition) is 5. The molecular weight excluding hydrogens is 294 g/mol. The molecule has 0 saturated carbocycles. The quantitative estimate of drug-likeness (QED) is 0.739. The molecule has 0 aliphatic carbocycles. The van der Waals surface area contributed by atoms with E-state index in [1.165, 1.54) is 6.07 Å². The Balaban J connectivity index is 2.14. The Hall–Kier alpha value is -3.08. The van der Waals surface area contributed by atoms with Crippen LogP contribution in [0.15, 0.2) is 63.8 Å². The maximum Gasteiger partial charge on any atom is 0.339 e. The van der Waals surface area contributed by atoms with Crippen molar-refractivity contribution in [3.05, 3.63) is 65.0 Å². The molecule has 0 spiro atoms. The molecule has 0 radical (unpaired) electrons. The molecule has 0 saturated heterocycles. The van der Waals surface area contributed by atoms with Crippen molar-refractivity contribution < 1.29 is 13.9 Å². The van der Waals surface area contributed by atoms with E-state index in [2.05, 4.69) is 4.98 Å². The molecule has 5 nitrogen and oxygen atoms in total. The van der Waals surface area contributed by atoms with Gasteiger partial charge in [0, 0.05) is 11.1 Å². The van der Waals surface area contributed by atoms with Crippen LogP contribution in [0.25, 0.3) is 22.7 Å². The highest BCUT2D eigenvalue weighted by Crippen LogP contribution is 2.29. The third-order valence-corrected chi connectivity index (χ3v) is 3.37. The zero-order chi connectivity index (χ0) is 16.2. The SMILES string of the molecule is COc1cccc(-c2nc(-c3ccccc3OC)cc(=O)o2)c1. The summed E-state index contributed by atoms with van der Waals surface area (Å²) in [4.78, 5) is 16.4. The molecule has 5 heteroatoms. The van der Waals surface area contributed by atoms with E-state index in [4.69, 9.17) is 13.9 Å². The molecule has 0 fully saturated rings. The van der Waals surface area contributed by atoms with Crippen molar-refractivity contribution in [3.8, 4) is 34.2 Å². The summed E-state index contributed by atoms with van der Waals surface area (Å²) in [6, 6.07) is 15.9. The van der Waals surface area contributed by atoms with Crippen LogP contribution >= 0.6 is 0 Å². The van der Waals surface area contributed by atoms with Gasteiger partial charge in [0.15, 0.2) is 0 Å². The van der Waals surface area contributed by atoms with Crippen LogP contribution in [0, 0.1) is 0 Å². The molecule has 0 amide bonds. The molecule has 2 aromatic carbocycles. The highest BCUT2D eigenvalue weighted by Gasteiger charge is 2.12.